The number of imidazole rings is 2. The highest BCUT2D eigenvalue weighted by Crippen LogP contribution is 2.46. The van der Waals surface area contributed by atoms with E-state index in [1.807, 2.05) is 11.3 Å². The van der Waals surface area contributed by atoms with Gasteiger partial charge >= 0.3 is 0 Å². The number of thiophene rings is 1. The highest BCUT2D eigenvalue weighted by Gasteiger charge is 2.44. The molecule has 2 aliphatic heterocycles. The number of nitrogens with zero attached hydrogens (tertiary/aromatic N) is 4. The van der Waals surface area contributed by atoms with Crippen LogP contribution in [0.25, 0.3) is 43.6 Å². The molecular formula is C39H23BN4OS. The molecule has 0 unspecified atom stereocenters. The van der Waals surface area contributed by atoms with Crippen LogP contribution in [0.15, 0.2) is 140 Å². The molecule has 0 fully saturated rings. The summed E-state index contributed by atoms with van der Waals surface area (Å²) in [6, 6.07) is 49.6. The van der Waals surface area contributed by atoms with Gasteiger partial charge in [0.1, 0.15) is 11.5 Å². The zero-order valence-electron chi connectivity index (χ0n) is 24.5. The largest absolute Gasteiger partial charge is 0.458 e. The van der Waals surface area contributed by atoms with Gasteiger partial charge in [0.2, 0.25) is 5.78 Å². The van der Waals surface area contributed by atoms with E-state index in [-0.39, 0.29) is 6.71 Å². The van der Waals surface area contributed by atoms with Crippen molar-refractivity contribution in [2.45, 2.75) is 0 Å². The average Bonchev–Trinajstić information content (AvgIpc) is 3.77. The monoisotopic (exact) mass is 606 g/mol. The number of benzene rings is 6. The Labute approximate surface area is 268 Å². The normalized spacial score (nSPS) is 13.3. The van der Waals surface area contributed by atoms with Gasteiger partial charge in [0, 0.05) is 22.1 Å². The zero-order valence-corrected chi connectivity index (χ0v) is 25.3. The number of aromatic nitrogens is 3. The van der Waals surface area contributed by atoms with Crippen LogP contribution < -0.4 is 26.0 Å². The smallest absolute Gasteiger partial charge is 0.258 e. The highest BCUT2D eigenvalue weighted by molar-refractivity contribution is 7.26. The maximum Gasteiger partial charge on any atom is 0.258 e. The third kappa shape index (κ3) is 3.12. The number of para-hydroxylation sites is 6. The number of hydrogen-bond acceptors (Lipinski definition) is 4. The van der Waals surface area contributed by atoms with Gasteiger partial charge in [-0.2, -0.15) is 0 Å². The van der Waals surface area contributed by atoms with Crippen molar-refractivity contribution in [1.82, 2.24) is 14.0 Å². The Kier molecular flexibility index (Phi) is 4.75. The van der Waals surface area contributed by atoms with E-state index in [4.69, 9.17) is 9.72 Å². The first-order chi connectivity index (χ1) is 22.8. The minimum Gasteiger partial charge on any atom is -0.458 e. The Morgan fingerprint density at radius 2 is 1.35 bits per heavy atom. The number of fused-ring (bicyclic) bond motifs is 11. The summed E-state index contributed by atoms with van der Waals surface area (Å²) in [4.78, 5) is 7.62. The molecule has 5 heterocycles. The van der Waals surface area contributed by atoms with Crippen molar-refractivity contribution in [2.24, 2.45) is 0 Å². The molecule has 11 rings (SSSR count). The average molecular weight is 607 g/mol. The van der Waals surface area contributed by atoms with E-state index in [0.29, 0.717) is 0 Å². The fraction of sp³-hybridized carbons (Fsp3) is 0. The Morgan fingerprint density at radius 1 is 0.609 bits per heavy atom. The van der Waals surface area contributed by atoms with Crippen molar-refractivity contribution >= 4 is 88.7 Å². The van der Waals surface area contributed by atoms with Gasteiger partial charge in [-0.1, -0.05) is 78.9 Å². The molecule has 0 saturated heterocycles. The van der Waals surface area contributed by atoms with Gasteiger partial charge in [0.15, 0.2) is 0 Å². The van der Waals surface area contributed by atoms with E-state index >= 15 is 0 Å². The van der Waals surface area contributed by atoms with Crippen LogP contribution in [0.4, 0.5) is 16.4 Å². The summed E-state index contributed by atoms with van der Waals surface area (Å²) in [5.74, 6) is 2.67. The maximum atomic E-state index is 6.87. The van der Waals surface area contributed by atoms with Crippen molar-refractivity contribution in [3.8, 4) is 17.2 Å². The minimum atomic E-state index is 0.0468. The van der Waals surface area contributed by atoms with Crippen molar-refractivity contribution in [3.63, 3.8) is 0 Å². The molecule has 3 aromatic heterocycles. The Hall–Kier alpha value is -5.79. The van der Waals surface area contributed by atoms with Gasteiger partial charge < -0.3 is 9.64 Å². The minimum absolute atomic E-state index is 0.0468. The standard InChI is InChI=1S/C39H23BN4OS/c1-2-12-24(13-3-1)42-32-22-25(43-30-18-8-9-19-31(30)44-29-17-7-6-16-28(29)41-39(43)44)23-34-37(32)40(27-15-5-10-20-33(27)45-34)36-26-14-4-11-21-35(26)46-38(36)42/h1-23H. The summed E-state index contributed by atoms with van der Waals surface area (Å²) in [5.41, 5.74) is 11.3. The Bertz CT molecular complexity index is 2710. The summed E-state index contributed by atoms with van der Waals surface area (Å²) in [7, 11) is 0. The molecule has 0 spiro atoms. The van der Waals surface area contributed by atoms with Crippen LogP contribution in [-0.4, -0.2) is 20.7 Å². The lowest BCUT2D eigenvalue weighted by Crippen LogP contribution is -2.59. The first-order valence-electron chi connectivity index (χ1n) is 15.5. The molecule has 6 aromatic carbocycles. The molecule has 9 aromatic rings. The SMILES string of the molecule is c1ccc(N2c3cc(-n4c5ccccc5n5c6ccccc6nc45)cc4c3B(c3ccccc3O4)c3c2sc2ccccc32)cc1. The topological polar surface area (TPSA) is 34.7 Å². The van der Waals surface area contributed by atoms with Gasteiger partial charge in [-0.15, -0.1) is 11.3 Å². The molecule has 214 valence electrons. The molecule has 46 heavy (non-hydrogen) atoms. The Morgan fingerprint density at radius 3 is 2.26 bits per heavy atom. The van der Waals surface area contributed by atoms with Gasteiger partial charge in [-0.25, -0.2) is 4.98 Å². The second-order valence-electron chi connectivity index (χ2n) is 12.0. The summed E-state index contributed by atoms with van der Waals surface area (Å²) >= 11 is 1.86. The van der Waals surface area contributed by atoms with Crippen LogP contribution >= 0.6 is 11.3 Å². The molecule has 0 amide bonds. The predicted molar refractivity (Wildman–Crippen MR) is 191 cm³/mol. The molecule has 0 radical (unpaired) electrons. The van der Waals surface area contributed by atoms with E-state index in [2.05, 4.69) is 153 Å². The van der Waals surface area contributed by atoms with Crippen LogP contribution in [0.1, 0.15) is 0 Å². The lowest BCUT2D eigenvalue weighted by molar-refractivity contribution is 0.487. The van der Waals surface area contributed by atoms with Gasteiger partial charge in [-0.05, 0) is 76.4 Å². The van der Waals surface area contributed by atoms with E-state index in [0.717, 1.165) is 56.4 Å². The predicted octanol–water partition coefficient (Wildman–Crippen LogP) is 8.05. The molecule has 0 atom stereocenters. The second-order valence-corrected chi connectivity index (χ2v) is 13.0. The van der Waals surface area contributed by atoms with E-state index in [1.165, 1.54) is 31.5 Å². The second kappa shape index (κ2) is 8.90. The lowest BCUT2D eigenvalue weighted by Gasteiger charge is -2.38. The molecule has 0 aliphatic carbocycles. The van der Waals surface area contributed by atoms with E-state index in [1.54, 1.807) is 0 Å². The summed E-state index contributed by atoms with van der Waals surface area (Å²) < 4.78 is 12.7. The highest BCUT2D eigenvalue weighted by atomic mass is 32.1. The fourth-order valence-electron chi connectivity index (χ4n) is 7.72. The van der Waals surface area contributed by atoms with Crippen molar-refractivity contribution in [2.75, 3.05) is 4.90 Å². The van der Waals surface area contributed by atoms with Gasteiger partial charge in [-0.3, -0.25) is 8.97 Å². The quantitative estimate of drug-likeness (QED) is 0.187. The first kappa shape index (κ1) is 24.5. The van der Waals surface area contributed by atoms with Crippen molar-refractivity contribution in [1.29, 1.82) is 0 Å². The molecule has 7 heteroatoms. The number of hydrogen-bond donors (Lipinski definition) is 0. The summed E-state index contributed by atoms with van der Waals surface area (Å²) in [6.07, 6.45) is 0. The Balaban J connectivity index is 1.28. The van der Waals surface area contributed by atoms with E-state index in [9.17, 15) is 0 Å². The zero-order chi connectivity index (χ0) is 29.9. The van der Waals surface area contributed by atoms with Crippen LogP contribution in [0.2, 0.25) is 0 Å². The number of rotatable bonds is 2. The molecular weight excluding hydrogens is 583 g/mol. The fourth-order valence-corrected chi connectivity index (χ4v) is 8.99. The maximum absolute atomic E-state index is 6.87. The van der Waals surface area contributed by atoms with Crippen LogP contribution in [0, 0.1) is 0 Å². The summed E-state index contributed by atoms with van der Waals surface area (Å²) in [6.45, 7) is 0.0468. The van der Waals surface area contributed by atoms with Gasteiger partial charge in [0.25, 0.3) is 6.71 Å². The van der Waals surface area contributed by atoms with Crippen LogP contribution in [0.3, 0.4) is 0 Å². The third-order valence-electron chi connectivity index (χ3n) is 9.57. The third-order valence-corrected chi connectivity index (χ3v) is 10.7. The molecule has 0 N–H and O–H groups in total. The van der Waals surface area contributed by atoms with Crippen LogP contribution in [0.5, 0.6) is 11.5 Å². The summed E-state index contributed by atoms with van der Waals surface area (Å²) in [5, 5.41) is 2.55. The molecule has 0 bridgehead atoms. The van der Waals surface area contributed by atoms with Crippen LogP contribution in [-0.2, 0) is 0 Å². The van der Waals surface area contributed by atoms with Crippen molar-refractivity contribution < 1.29 is 4.74 Å². The molecule has 0 saturated carbocycles. The lowest BCUT2D eigenvalue weighted by atomic mass is 9.34. The molecule has 5 nitrogen and oxygen atoms in total. The van der Waals surface area contributed by atoms with Crippen molar-refractivity contribution in [3.05, 3.63) is 140 Å². The first-order valence-corrected chi connectivity index (χ1v) is 16.3. The molecule has 2 aliphatic rings. The van der Waals surface area contributed by atoms with E-state index < -0.39 is 0 Å². The van der Waals surface area contributed by atoms with Gasteiger partial charge in [0.05, 0.1) is 32.8 Å². The number of anilines is 3. The number of ether oxygens (including phenoxy) is 1.